The Morgan fingerprint density at radius 1 is 1.42 bits per heavy atom. The summed E-state index contributed by atoms with van der Waals surface area (Å²) < 4.78 is 39.0. The maximum absolute atomic E-state index is 15.2. The van der Waals surface area contributed by atoms with E-state index in [1.807, 2.05) is 0 Å². The highest BCUT2D eigenvalue weighted by atomic mass is 127. The molecular weight excluding hydrogens is 477 g/mol. The zero-order chi connectivity index (χ0) is 19.1. The van der Waals surface area contributed by atoms with Crippen molar-refractivity contribution in [2.45, 2.75) is 38.2 Å². The molecule has 0 saturated carbocycles. The molecule has 142 valence electrons. The molecule has 1 atom stereocenters. The quantitative estimate of drug-likeness (QED) is 0.442. The van der Waals surface area contributed by atoms with E-state index in [-0.39, 0.29) is 24.1 Å². The molecule has 26 heavy (non-hydrogen) atoms. The predicted octanol–water partition coefficient (Wildman–Crippen LogP) is 5.24. The Kier molecular flexibility index (Phi) is 5.45. The molecule has 2 aliphatic rings. The number of rotatable bonds is 4. The van der Waals surface area contributed by atoms with E-state index in [0.29, 0.717) is 16.3 Å². The highest BCUT2D eigenvalue weighted by molar-refractivity contribution is 14.2. The number of hydrogen-bond donors (Lipinski definition) is 2. The Morgan fingerprint density at radius 3 is 2.81 bits per heavy atom. The Balaban J connectivity index is 2.33. The molecule has 0 fully saturated rings. The van der Waals surface area contributed by atoms with Gasteiger partial charge in [-0.1, -0.05) is 23.8 Å². The van der Waals surface area contributed by atoms with Crippen molar-refractivity contribution in [2.75, 3.05) is 11.9 Å². The van der Waals surface area contributed by atoms with Crippen LogP contribution in [-0.2, 0) is 10.2 Å². The molecule has 3 rings (SSSR count). The van der Waals surface area contributed by atoms with E-state index in [1.165, 1.54) is 0 Å². The number of allylic oxidation sites excluding steroid dienone is 2. The lowest BCUT2D eigenvalue weighted by atomic mass is 9.67. The van der Waals surface area contributed by atoms with E-state index in [2.05, 4.69) is 5.32 Å². The van der Waals surface area contributed by atoms with Crippen molar-refractivity contribution in [1.82, 2.24) is 3.28 Å². The summed E-state index contributed by atoms with van der Waals surface area (Å²) in [5, 5.41) is 13.9. The number of nitrogens with one attached hydrogen (secondary N) is 1. The maximum Gasteiger partial charge on any atom is 0.261 e. The molecule has 2 heterocycles. The zero-order valence-electron chi connectivity index (χ0n) is 14.6. The van der Waals surface area contributed by atoms with Crippen molar-refractivity contribution in [3.05, 3.63) is 52.3 Å². The summed E-state index contributed by atoms with van der Waals surface area (Å²) in [6, 6.07) is 4.84. The van der Waals surface area contributed by atoms with Gasteiger partial charge in [-0.3, -0.25) is 5.21 Å². The summed E-state index contributed by atoms with van der Waals surface area (Å²) in [6.07, 6.45) is 3.12. The third-order valence-corrected chi connectivity index (χ3v) is 6.44. The van der Waals surface area contributed by atoms with E-state index in [1.54, 1.807) is 48.2 Å². The second kappa shape index (κ2) is 7.18. The number of hydroxylamine groups is 1. The van der Waals surface area contributed by atoms with Crippen molar-refractivity contribution in [2.24, 2.45) is 0 Å². The summed E-state index contributed by atoms with van der Waals surface area (Å²) >= 11 is 5.27. The van der Waals surface area contributed by atoms with Gasteiger partial charge in [-0.2, -0.15) is 3.28 Å². The van der Waals surface area contributed by atoms with Crippen LogP contribution in [0, 0.1) is 0 Å². The molecule has 2 aliphatic heterocycles. The van der Waals surface area contributed by atoms with Gasteiger partial charge < -0.3 is 10.1 Å². The second-order valence-electron chi connectivity index (χ2n) is 6.57. The molecule has 1 aromatic rings. The Hall–Kier alpha value is -1.03. The molecule has 0 radical (unpaired) electrons. The Bertz CT molecular complexity index is 805. The summed E-state index contributed by atoms with van der Waals surface area (Å²) in [5.74, 6) is -2.90. The van der Waals surface area contributed by atoms with E-state index in [4.69, 9.17) is 16.3 Å². The smallest absolute Gasteiger partial charge is 0.261 e. The molecule has 8 heteroatoms. The van der Waals surface area contributed by atoms with Crippen molar-refractivity contribution in [3.8, 4) is 0 Å². The van der Waals surface area contributed by atoms with Gasteiger partial charge in [0.1, 0.15) is 11.2 Å². The van der Waals surface area contributed by atoms with Crippen LogP contribution in [-0.4, -0.2) is 31.1 Å². The fourth-order valence-electron chi connectivity index (χ4n) is 3.20. The van der Waals surface area contributed by atoms with Gasteiger partial charge in [0.2, 0.25) is 0 Å². The molecule has 1 aromatic carbocycles. The van der Waals surface area contributed by atoms with Crippen LogP contribution in [0.4, 0.5) is 14.5 Å². The number of fused-ring (bicyclic) bond motifs is 1. The number of benzene rings is 1. The first-order chi connectivity index (χ1) is 12.2. The maximum atomic E-state index is 15.2. The molecule has 0 bridgehead atoms. The van der Waals surface area contributed by atoms with E-state index < -0.39 is 32.3 Å². The lowest BCUT2D eigenvalue weighted by molar-refractivity contribution is -0.0889. The zero-order valence-corrected chi connectivity index (χ0v) is 17.5. The number of halogens is 4. The van der Waals surface area contributed by atoms with Gasteiger partial charge in [0, 0.05) is 44.2 Å². The summed E-state index contributed by atoms with van der Waals surface area (Å²) in [4.78, 5) is 0. The number of alkyl halides is 2. The summed E-state index contributed by atoms with van der Waals surface area (Å²) in [6.45, 7) is 4.25. The Morgan fingerprint density at radius 2 is 2.15 bits per heavy atom. The molecule has 2 N–H and O–H groups in total. The topological polar surface area (TPSA) is 44.7 Å². The lowest BCUT2D eigenvalue weighted by Gasteiger charge is -2.45. The van der Waals surface area contributed by atoms with Crippen LogP contribution in [0.2, 0.25) is 5.02 Å². The third-order valence-electron chi connectivity index (χ3n) is 4.46. The van der Waals surface area contributed by atoms with E-state index in [0.717, 1.165) is 10.2 Å². The van der Waals surface area contributed by atoms with Crippen LogP contribution in [0.5, 0.6) is 0 Å². The standard InChI is InChI=1S/C18H20ClF2IN2O2/c1-11(2)26-10-18(17(3,20)21)13-5-4-8-22-24(25)16(13)23-15-7-6-12(19)9-14(15)18/h4-9,11,23,25H,10H2,1-3H3/t18-/m0/s1. The van der Waals surface area contributed by atoms with Crippen molar-refractivity contribution in [3.63, 3.8) is 0 Å². The summed E-state index contributed by atoms with van der Waals surface area (Å²) in [5.41, 5.74) is -0.649. The summed E-state index contributed by atoms with van der Waals surface area (Å²) in [7, 11) is 0. The minimum absolute atomic E-state index is 0.227. The molecule has 0 aliphatic carbocycles. The first-order valence-electron chi connectivity index (χ1n) is 8.10. The molecule has 0 spiro atoms. The SMILES string of the molecule is CC(C)OC[C@]1(C(C)(F)F)C2=C(Nc3ccc(Cl)cc31)N(O)I=CC=C2. The monoisotopic (exact) mass is 496 g/mol. The fourth-order valence-corrected chi connectivity index (χ4v) is 4.73. The van der Waals surface area contributed by atoms with Gasteiger partial charge in [-0.25, -0.2) is 8.78 Å². The molecular formula is C18H20ClF2IN2O2. The van der Waals surface area contributed by atoms with Crippen molar-refractivity contribution < 1.29 is 18.7 Å². The number of hydrogen-bond acceptors (Lipinski definition) is 4. The first-order valence-corrected chi connectivity index (χ1v) is 10.7. The fraction of sp³-hybridized carbons (Fsp3) is 0.389. The number of nitrogens with zero attached hydrogens (tertiary/aromatic N) is 1. The van der Waals surface area contributed by atoms with Gasteiger partial charge in [-0.05, 0) is 41.6 Å². The van der Waals surface area contributed by atoms with Crippen LogP contribution < -0.4 is 5.32 Å². The highest BCUT2D eigenvalue weighted by Crippen LogP contribution is 2.53. The van der Waals surface area contributed by atoms with Gasteiger partial charge in [0.25, 0.3) is 5.92 Å². The van der Waals surface area contributed by atoms with Gasteiger partial charge in [0.15, 0.2) is 0 Å². The second-order valence-corrected chi connectivity index (χ2v) is 9.20. The number of ether oxygens (including phenoxy) is 1. The number of anilines is 1. The molecule has 4 nitrogen and oxygen atoms in total. The predicted molar refractivity (Wildman–Crippen MR) is 108 cm³/mol. The van der Waals surface area contributed by atoms with Crippen LogP contribution in [0.1, 0.15) is 26.3 Å². The molecule has 0 amide bonds. The normalized spacial score (nSPS) is 22.5. The minimum Gasteiger partial charge on any atom is -0.377 e. The van der Waals surface area contributed by atoms with Crippen molar-refractivity contribution >= 4 is 42.3 Å². The lowest BCUT2D eigenvalue weighted by Crippen LogP contribution is -2.52. The Labute approximate surface area is 166 Å². The largest absolute Gasteiger partial charge is 0.377 e. The average molecular weight is 497 g/mol. The van der Waals surface area contributed by atoms with Crippen LogP contribution in [0.15, 0.2) is 41.7 Å². The van der Waals surface area contributed by atoms with Crippen molar-refractivity contribution in [1.29, 1.82) is 0 Å². The molecule has 0 aromatic heterocycles. The van der Waals surface area contributed by atoms with Gasteiger partial charge >= 0.3 is 0 Å². The highest BCUT2D eigenvalue weighted by Gasteiger charge is 2.58. The van der Waals surface area contributed by atoms with Crippen LogP contribution in [0.3, 0.4) is 0 Å². The van der Waals surface area contributed by atoms with Gasteiger partial charge in [0.05, 0.1) is 12.7 Å². The molecule has 0 unspecified atom stereocenters. The van der Waals surface area contributed by atoms with Gasteiger partial charge in [-0.15, -0.1) is 0 Å². The first kappa shape index (κ1) is 19.7. The van der Waals surface area contributed by atoms with Crippen LogP contribution >= 0.6 is 32.6 Å². The van der Waals surface area contributed by atoms with Crippen LogP contribution in [0.25, 0.3) is 0 Å². The van der Waals surface area contributed by atoms with E-state index in [9.17, 15) is 5.21 Å². The average Bonchev–Trinajstić information content (AvgIpc) is 2.73. The molecule has 0 saturated heterocycles. The minimum atomic E-state index is -3.17. The third kappa shape index (κ3) is 3.30. The van der Waals surface area contributed by atoms with E-state index >= 15 is 8.78 Å².